The van der Waals surface area contributed by atoms with E-state index < -0.39 is 5.97 Å². The summed E-state index contributed by atoms with van der Waals surface area (Å²) in [7, 11) is 2.89. The topological polar surface area (TPSA) is 59.3 Å². The Morgan fingerprint density at radius 3 is 2.38 bits per heavy atom. The highest BCUT2D eigenvalue weighted by atomic mass is 16.5. The Labute approximate surface area is 123 Å². The van der Waals surface area contributed by atoms with E-state index in [1.165, 1.54) is 7.11 Å². The molecule has 2 aromatic rings. The van der Waals surface area contributed by atoms with Gasteiger partial charge in [-0.25, -0.2) is 4.79 Å². The second kappa shape index (κ2) is 6.10. The lowest BCUT2D eigenvalue weighted by Crippen LogP contribution is -2.05. The highest BCUT2D eigenvalue weighted by Crippen LogP contribution is 2.26. The Morgan fingerprint density at radius 1 is 1.10 bits per heavy atom. The van der Waals surface area contributed by atoms with Gasteiger partial charge >= 0.3 is 5.97 Å². The molecule has 2 rings (SSSR count). The molecule has 0 atom stereocenters. The van der Waals surface area contributed by atoms with Crippen LogP contribution in [0.15, 0.2) is 42.0 Å². The van der Waals surface area contributed by atoms with Crippen molar-refractivity contribution in [3.63, 3.8) is 0 Å². The van der Waals surface area contributed by atoms with Gasteiger partial charge in [-0.15, -0.1) is 0 Å². The zero-order valence-corrected chi connectivity index (χ0v) is 12.1. The third kappa shape index (κ3) is 2.87. The van der Waals surface area contributed by atoms with E-state index in [0.29, 0.717) is 5.57 Å². The Hall–Kier alpha value is -2.80. The van der Waals surface area contributed by atoms with E-state index in [1.54, 1.807) is 14.0 Å². The minimum absolute atomic E-state index is 0.0189. The Balaban J connectivity index is 2.55. The lowest BCUT2D eigenvalue weighted by Gasteiger charge is -2.07. The average molecular weight is 281 g/mol. The second-order valence-electron chi connectivity index (χ2n) is 4.53. The molecule has 0 radical (unpaired) electrons. The van der Waals surface area contributed by atoms with Gasteiger partial charge in [-0.05, 0) is 47.0 Å². The van der Waals surface area contributed by atoms with Crippen molar-refractivity contribution >= 4 is 22.3 Å². The quantitative estimate of drug-likeness (QED) is 0.492. The van der Waals surface area contributed by atoms with Crippen molar-refractivity contribution in [1.29, 1.82) is 5.26 Å². The van der Waals surface area contributed by atoms with Gasteiger partial charge in [0.2, 0.25) is 0 Å². The molecule has 0 saturated carbocycles. The number of benzene rings is 2. The van der Waals surface area contributed by atoms with Crippen molar-refractivity contribution < 1.29 is 14.3 Å². The van der Waals surface area contributed by atoms with Crippen LogP contribution in [0.3, 0.4) is 0 Å². The van der Waals surface area contributed by atoms with Gasteiger partial charge in [0.25, 0.3) is 0 Å². The molecule has 0 bridgehead atoms. The summed E-state index contributed by atoms with van der Waals surface area (Å²) in [4.78, 5) is 11.6. The van der Waals surface area contributed by atoms with E-state index in [0.717, 1.165) is 22.1 Å². The van der Waals surface area contributed by atoms with Gasteiger partial charge in [0.15, 0.2) is 0 Å². The number of hydrogen-bond acceptors (Lipinski definition) is 4. The molecule has 0 unspecified atom stereocenters. The molecule has 21 heavy (non-hydrogen) atoms. The Morgan fingerprint density at radius 2 is 1.76 bits per heavy atom. The first-order valence-corrected chi connectivity index (χ1v) is 6.38. The Kier molecular flexibility index (Phi) is 4.24. The number of carbonyl (C=O) groups excluding carboxylic acids is 1. The van der Waals surface area contributed by atoms with E-state index in [9.17, 15) is 4.79 Å². The van der Waals surface area contributed by atoms with Crippen molar-refractivity contribution in [2.75, 3.05) is 14.2 Å². The first-order valence-electron chi connectivity index (χ1n) is 6.38. The lowest BCUT2D eigenvalue weighted by atomic mass is 9.98. The fourth-order valence-corrected chi connectivity index (χ4v) is 2.11. The zero-order chi connectivity index (χ0) is 15.4. The normalized spacial score (nSPS) is 11.5. The molecule has 0 aliphatic rings. The smallest absolute Gasteiger partial charge is 0.348 e. The van der Waals surface area contributed by atoms with E-state index in [1.807, 2.05) is 42.5 Å². The molecule has 106 valence electrons. The number of rotatable bonds is 3. The lowest BCUT2D eigenvalue weighted by molar-refractivity contribution is -0.135. The van der Waals surface area contributed by atoms with E-state index in [2.05, 4.69) is 4.74 Å². The highest BCUT2D eigenvalue weighted by Gasteiger charge is 2.14. The molecule has 0 spiro atoms. The van der Waals surface area contributed by atoms with Crippen LogP contribution in [0, 0.1) is 11.3 Å². The first-order chi connectivity index (χ1) is 10.1. The van der Waals surface area contributed by atoms with Crippen LogP contribution in [0.4, 0.5) is 0 Å². The molecule has 4 heteroatoms. The van der Waals surface area contributed by atoms with E-state index >= 15 is 0 Å². The van der Waals surface area contributed by atoms with Crippen LogP contribution in [0.25, 0.3) is 16.3 Å². The number of esters is 1. The van der Waals surface area contributed by atoms with Crippen LogP contribution in [0.5, 0.6) is 5.75 Å². The highest BCUT2D eigenvalue weighted by molar-refractivity contribution is 6.02. The summed E-state index contributed by atoms with van der Waals surface area (Å²) in [6.07, 6.45) is 0. The van der Waals surface area contributed by atoms with Crippen molar-refractivity contribution in [1.82, 2.24) is 0 Å². The largest absolute Gasteiger partial charge is 0.497 e. The second-order valence-corrected chi connectivity index (χ2v) is 4.53. The van der Waals surface area contributed by atoms with Gasteiger partial charge in [0, 0.05) is 0 Å². The van der Waals surface area contributed by atoms with Crippen LogP contribution in [-0.4, -0.2) is 20.2 Å². The number of methoxy groups -OCH3 is 2. The van der Waals surface area contributed by atoms with Gasteiger partial charge in [-0.2, -0.15) is 5.26 Å². The van der Waals surface area contributed by atoms with Gasteiger partial charge in [0.1, 0.15) is 17.4 Å². The van der Waals surface area contributed by atoms with Crippen molar-refractivity contribution in [2.24, 2.45) is 0 Å². The predicted octanol–water partition coefficient (Wildman–Crippen LogP) is 3.32. The summed E-state index contributed by atoms with van der Waals surface area (Å²) in [6.45, 7) is 1.74. The fourth-order valence-electron chi connectivity index (χ4n) is 2.11. The molecule has 0 aliphatic heterocycles. The average Bonchev–Trinajstić information content (AvgIpc) is 2.54. The van der Waals surface area contributed by atoms with Crippen LogP contribution < -0.4 is 4.74 Å². The number of nitriles is 1. The summed E-state index contributed by atoms with van der Waals surface area (Å²) in [5.41, 5.74) is 1.43. The zero-order valence-electron chi connectivity index (χ0n) is 12.1. The maximum absolute atomic E-state index is 11.6. The maximum atomic E-state index is 11.6. The first kappa shape index (κ1) is 14.6. The molecule has 0 amide bonds. The van der Waals surface area contributed by atoms with Crippen LogP contribution in [0.1, 0.15) is 12.5 Å². The monoisotopic (exact) mass is 281 g/mol. The van der Waals surface area contributed by atoms with Gasteiger partial charge < -0.3 is 9.47 Å². The minimum atomic E-state index is -0.621. The molecule has 0 saturated heterocycles. The molecule has 4 nitrogen and oxygen atoms in total. The van der Waals surface area contributed by atoms with E-state index in [4.69, 9.17) is 10.00 Å². The van der Waals surface area contributed by atoms with Crippen molar-refractivity contribution in [3.05, 3.63) is 47.5 Å². The van der Waals surface area contributed by atoms with Gasteiger partial charge in [-0.3, -0.25) is 0 Å². The maximum Gasteiger partial charge on any atom is 0.348 e. The number of fused-ring (bicyclic) bond motifs is 1. The van der Waals surface area contributed by atoms with Crippen LogP contribution in [0.2, 0.25) is 0 Å². The SMILES string of the molecule is COC(=O)C(C#N)=C(C)c1ccc2cc(OC)ccc2c1. The summed E-state index contributed by atoms with van der Waals surface area (Å²) < 4.78 is 9.82. The third-order valence-electron chi connectivity index (χ3n) is 3.36. The molecule has 0 aromatic heterocycles. The van der Waals surface area contributed by atoms with E-state index in [-0.39, 0.29) is 5.57 Å². The van der Waals surface area contributed by atoms with Gasteiger partial charge in [0.05, 0.1) is 14.2 Å². The van der Waals surface area contributed by atoms with Gasteiger partial charge in [-0.1, -0.05) is 18.2 Å². The number of allylic oxidation sites excluding steroid dienone is 1. The molecular formula is C17H15NO3. The number of ether oxygens (including phenoxy) is 2. The molecule has 0 aliphatic carbocycles. The summed E-state index contributed by atoms with van der Waals surface area (Å²) in [5.74, 6) is 0.166. The summed E-state index contributed by atoms with van der Waals surface area (Å²) in [5, 5.41) is 11.2. The third-order valence-corrected chi connectivity index (χ3v) is 3.36. The minimum Gasteiger partial charge on any atom is -0.497 e. The predicted molar refractivity (Wildman–Crippen MR) is 80.7 cm³/mol. The van der Waals surface area contributed by atoms with Crippen LogP contribution in [-0.2, 0) is 9.53 Å². The molecule has 2 aromatic carbocycles. The fraction of sp³-hybridized carbons (Fsp3) is 0.176. The number of carbonyl (C=O) groups is 1. The van der Waals surface area contributed by atoms with Crippen molar-refractivity contribution in [3.8, 4) is 11.8 Å². The number of hydrogen-bond donors (Lipinski definition) is 0. The van der Waals surface area contributed by atoms with Crippen LogP contribution >= 0.6 is 0 Å². The molecule has 0 fully saturated rings. The molecular weight excluding hydrogens is 266 g/mol. The summed E-state index contributed by atoms with van der Waals surface area (Å²) >= 11 is 0. The standard InChI is InChI=1S/C17H15NO3/c1-11(16(10-18)17(19)21-3)12-4-5-14-9-15(20-2)7-6-13(14)8-12/h4-9H,1-3H3. The van der Waals surface area contributed by atoms with Crippen molar-refractivity contribution in [2.45, 2.75) is 6.92 Å². The molecule has 0 N–H and O–H groups in total. The number of nitrogens with zero attached hydrogens (tertiary/aromatic N) is 1. The summed E-state index contributed by atoms with van der Waals surface area (Å²) in [6, 6.07) is 13.4. The molecule has 0 heterocycles. The Bertz CT molecular complexity index is 769.